The number of carbonyl (C=O) groups is 1. The van der Waals surface area contributed by atoms with Gasteiger partial charge in [0.1, 0.15) is 5.78 Å². The van der Waals surface area contributed by atoms with Crippen molar-refractivity contribution >= 4 is 17.4 Å². The number of hydrogen-bond donors (Lipinski definition) is 0. The van der Waals surface area contributed by atoms with Crippen LogP contribution in [0.4, 0.5) is 0 Å². The summed E-state index contributed by atoms with van der Waals surface area (Å²) in [6, 6.07) is 7.53. The fraction of sp³-hybridized carbons (Fsp3) is 0.357. The highest BCUT2D eigenvalue weighted by Crippen LogP contribution is 2.30. The molecule has 1 aromatic heterocycles. The van der Waals surface area contributed by atoms with Crippen LogP contribution < -0.4 is 0 Å². The number of rotatable bonds is 5. The van der Waals surface area contributed by atoms with Gasteiger partial charge >= 0.3 is 0 Å². The Kier molecular flexibility index (Phi) is 3.34. The third kappa shape index (κ3) is 3.20. The molecule has 4 nitrogen and oxygen atoms in total. The minimum atomic E-state index is 0.206. The lowest BCUT2D eigenvalue weighted by Crippen LogP contribution is -2.05. The van der Waals surface area contributed by atoms with Crippen LogP contribution in [0, 0.1) is 5.92 Å². The number of Topliss-reactive ketones (excluding diaryl/α,β-unsaturated/α-hetero) is 1. The lowest BCUT2D eigenvalue weighted by molar-refractivity contribution is -0.119. The van der Waals surface area contributed by atoms with Gasteiger partial charge in [-0.3, -0.25) is 4.79 Å². The molecule has 0 unspecified atom stereocenters. The maximum atomic E-state index is 11.6. The van der Waals surface area contributed by atoms with Gasteiger partial charge in [0.15, 0.2) is 5.82 Å². The molecule has 1 heterocycles. The van der Waals surface area contributed by atoms with E-state index in [1.54, 1.807) is 0 Å². The van der Waals surface area contributed by atoms with E-state index in [0.29, 0.717) is 23.2 Å². The first-order valence-corrected chi connectivity index (χ1v) is 6.67. The molecule has 5 heteroatoms. The predicted octanol–water partition coefficient (Wildman–Crippen LogP) is 2.84. The Morgan fingerprint density at radius 1 is 1.42 bits per heavy atom. The minimum absolute atomic E-state index is 0.206. The van der Waals surface area contributed by atoms with Crippen molar-refractivity contribution in [3.05, 3.63) is 46.6 Å². The molecule has 2 aromatic rings. The van der Waals surface area contributed by atoms with E-state index < -0.39 is 0 Å². The van der Waals surface area contributed by atoms with Gasteiger partial charge in [-0.1, -0.05) is 28.9 Å². The summed E-state index contributed by atoms with van der Waals surface area (Å²) in [5, 5.41) is 4.58. The maximum absolute atomic E-state index is 11.6. The first kappa shape index (κ1) is 12.4. The first-order valence-electron chi connectivity index (χ1n) is 6.29. The van der Waals surface area contributed by atoms with Gasteiger partial charge in [-0.15, -0.1) is 0 Å². The summed E-state index contributed by atoms with van der Waals surface area (Å²) in [5.74, 6) is 1.43. The monoisotopic (exact) mass is 276 g/mol. The summed E-state index contributed by atoms with van der Waals surface area (Å²) in [5.41, 5.74) is 1.02. The third-order valence-electron chi connectivity index (χ3n) is 3.12. The molecule has 1 aliphatic rings. The number of nitrogens with zero attached hydrogens (tertiary/aromatic N) is 2. The normalized spacial score (nSPS) is 14.6. The second-order valence-corrected chi connectivity index (χ2v) is 5.26. The van der Waals surface area contributed by atoms with E-state index in [-0.39, 0.29) is 18.1 Å². The molecule has 3 rings (SSSR count). The fourth-order valence-corrected chi connectivity index (χ4v) is 2.17. The molecule has 1 aromatic carbocycles. The van der Waals surface area contributed by atoms with E-state index in [0.717, 1.165) is 18.4 Å². The second-order valence-electron chi connectivity index (χ2n) is 4.83. The summed E-state index contributed by atoms with van der Waals surface area (Å²) < 4.78 is 5.10. The standard InChI is InChI=1S/C14H13ClN2O2/c15-11-3-1-2-9(6-11)7-13-16-14(19-17-13)8-12(18)10-4-5-10/h1-3,6,10H,4-5,7-8H2. The van der Waals surface area contributed by atoms with Gasteiger partial charge < -0.3 is 4.52 Å². The third-order valence-corrected chi connectivity index (χ3v) is 3.35. The van der Waals surface area contributed by atoms with Crippen LogP contribution in [0.15, 0.2) is 28.8 Å². The number of halogens is 1. The molecule has 98 valence electrons. The molecule has 1 saturated carbocycles. The van der Waals surface area contributed by atoms with Crippen LogP contribution in [-0.4, -0.2) is 15.9 Å². The van der Waals surface area contributed by atoms with Crippen molar-refractivity contribution in [2.75, 3.05) is 0 Å². The topological polar surface area (TPSA) is 56.0 Å². The first-order chi connectivity index (χ1) is 9.20. The lowest BCUT2D eigenvalue weighted by atomic mass is 10.1. The van der Waals surface area contributed by atoms with E-state index in [4.69, 9.17) is 16.1 Å². The Morgan fingerprint density at radius 3 is 3.00 bits per heavy atom. The number of hydrogen-bond acceptors (Lipinski definition) is 4. The van der Waals surface area contributed by atoms with Crippen molar-refractivity contribution in [1.29, 1.82) is 0 Å². The summed E-state index contributed by atoms with van der Waals surface area (Å²) in [6.07, 6.45) is 2.82. The molecule has 0 atom stereocenters. The van der Waals surface area contributed by atoms with Crippen molar-refractivity contribution in [3.8, 4) is 0 Å². The van der Waals surface area contributed by atoms with Crippen LogP contribution in [-0.2, 0) is 17.6 Å². The molecule has 0 aliphatic heterocycles. The highest BCUT2D eigenvalue weighted by atomic mass is 35.5. The molecule has 1 fully saturated rings. The molecule has 0 N–H and O–H groups in total. The molecule has 0 spiro atoms. The Balaban J connectivity index is 1.65. The highest BCUT2D eigenvalue weighted by Gasteiger charge is 2.30. The molecular weight excluding hydrogens is 264 g/mol. The van der Waals surface area contributed by atoms with Crippen molar-refractivity contribution in [1.82, 2.24) is 10.1 Å². The number of carbonyl (C=O) groups excluding carboxylic acids is 1. The summed E-state index contributed by atoms with van der Waals surface area (Å²) in [4.78, 5) is 15.9. The van der Waals surface area contributed by atoms with Gasteiger partial charge in [-0.25, -0.2) is 0 Å². The van der Waals surface area contributed by atoms with Crippen LogP contribution in [0.1, 0.15) is 30.1 Å². The van der Waals surface area contributed by atoms with E-state index in [1.165, 1.54) is 0 Å². The van der Waals surface area contributed by atoms with E-state index in [9.17, 15) is 4.79 Å². The zero-order valence-electron chi connectivity index (χ0n) is 10.3. The lowest BCUT2D eigenvalue weighted by Gasteiger charge is -1.96. The van der Waals surface area contributed by atoms with Crippen LogP contribution in [0.5, 0.6) is 0 Å². The van der Waals surface area contributed by atoms with Crippen LogP contribution in [0.2, 0.25) is 5.02 Å². The van der Waals surface area contributed by atoms with Crippen LogP contribution in [0.25, 0.3) is 0 Å². The summed E-state index contributed by atoms with van der Waals surface area (Å²) in [7, 11) is 0. The summed E-state index contributed by atoms with van der Waals surface area (Å²) >= 11 is 5.92. The quantitative estimate of drug-likeness (QED) is 0.843. The van der Waals surface area contributed by atoms with E-state index in [2.05, 4.69) is 10.1 Å². The van der Waals surface area contributed by atoms with Crippen molar-refractivity contribution in [2.24, 2.45) is 5.92 Å². The van der Waals surface area contributed by atoms with Crippen molar-refractivity contribution < 1.29 is 9.32 Å². The van der Waals surface area contributed by atoms with E-state index >= 15 is 0 Å². The zero-order chi connectivity index (χ0) is 13.2. The summed E-state index contributed by atoms with van der Waals surface area (Å²) in [6.45, 7) is 0. The zero-order valence-corrected chi connectivity index (χ0v) is 11.1. The van der Waals surface area contributed by atoms with Gasteiger partial charge in [-0.05, 0) is 30.5 Å². The van der Waals surface area contributed by atoms with E-state index in [1.807, 2.05) is 24.3 Å². The maximum Gasteiger partial charge on any atom is 0.234 e. The van der Waals surface area contributed by atoms with Crippen LogP contribution >= 0.6 is 11.6 Å². The Morgan fingerprint density at radius 2 is 2.26 bits per heavy atom. The smallest absolute Gasteiger partial charge is 0.234 e. The molecule has 0 radical (unpaired) electrons. The largest absolute Gasteiger partial charge is 0.339 e. The van der Waals surface area contributed by atoms with Crippen LogP contribution in [0.3, 0.4) is 0 Å². The van der Waals surface area contributed by atoms with Gasteiger partial charge in [0.25, 0.3) is 0 Å². The Labute approximate surface area is 115 Å². The van der Waals surface area contributed by atoms with Crippen molar-refractivity contribution in [2.45, 2.75) is 25.7 Å². The van der Waals surface area contributed by atoms with Gasteiger partial charge in [0.2, 0.25) is 5.89 Å². The van der Waals surface area contributed by atoms with Gasteiger partial charge in [0.05, 0.1) is 6.42 Å². The Hall–Kier alpha value is -1.68. The highest BCUT2D eigenvalue weighted by molar-refractivity contribution is 6.30. The minimum Gasteiger partial charge on any atom is -0.339 e. The molecule has 0 amide bonds. The average molecular weight is 277 g/mol. The molecule has 0 saturated heterocycles. The molecule has 1 aliphatic carbocycles. The molecular formula is C14H13ClN2O2. The average Bonchev–Trinajstić information content (AvgIpc) is 3.13. The SMILES string of the molecule is O=C(Cc1nc(Cc2cccc(Cl)c2)no1)C1CC1. The predicted molar refractivity (Wildman–Crippen MR) is 70.0 cm³/mol. The fourth-order valence-electron chi connectivity index (χ4n) is 1.96. The Bertz CT molecular complexity index is 605. The second kappa shape index (κ2) is 5.13. The number of ketones is 1. The molecule has 19 heavy (non-hydrogen) atoms. The van der Waals surface area contributed by atoms with Gasteiger partial charge in [0, 0.05) is 17.4 Å². The molecule has 0 bridgehead atoms. The number of aromatic nitrogens is 2. The van der Waals surface area contributed by atoms with Crippen molar-refractivity contribution in [3.63, 3.8) is 0 Å². The van der Waals surface area contributed by atoms with Gasteiger partial charge in [-0.2, -0.15) is 4.98 Å². The number of benzene rings is 1.